The Labute approximate surface area is 190 Å². The zero-order valence-electron chi connectivity index (χ0n) is 19.0. The number of anilines is 1. The first-order valence-electron chi connectivity index (χ1n) is 11.3. The van der Waals surface area contributed by atoms with Crippen LogP contribution in [0, 0.1) is 26.7 Å². The van der Waals surface area contributed by atoms with Gasteiger partial charge in [-0.3, -0.25) is 9.59 Å². The molecule has 0 spiro atoms. The highest BCUT2D eigenvalue weighted by molar-refractivity contribution is 6.31. The Hall–Kier alpha value is -2.27. The number of hydrogen-bond acceptors (Lipinski definition) is 3. The molecule has 6 heteroatoms. The second-order valence-electron chi connectivity index (χ2n) is 8.94. The van der Waals surface area contributed by atoms with Crippen LogP contribution in [-0.4, -0.2) is 16.9 Å². The summed E-state index contributed by atoms with van der Waals surface area (Å²) in [7, 11) is 0. The number of nitrogens with one attached hydrogen (secondary N) is 3. The van der Waals surface area contributed by atoms with Gasteiger partial charge in [0.05, 0.1) is 0 Å². The first-order valence-corrected chi connectivity index (χ1v) is 11.7. The molecule has 1 saturated carbocycles. The lowest BCUT2D eigenvalue weighted by Crippen LogP contribution is -2.29. The Balaban J connectivity index is 1.75. The number of rotatable bonds is 6. The van der Waals surface area contributed by atoms with Crippen molar-refractivity contribution in [1.82, 2.24) is 10.3 Å². The number of H-pyrrole nitrogens is 1. The molecule has 1 fully saturated rings. The van der Waals surface area contributed by atoms with E-state index < -0.39 is 0 Å². The molecule has 1 heterocycles. The zero-order valence-corrected chi connectivity index (χ0v) is 19.8. The van der Waals surface area contributed by atoms with Crippen molar-refractivity contribution in [3.63, 3.8) is 0 Å². The number of amides is 1. The summed E-state index contributed by atoms with van der Waals surface area (Å²) < 4.78 is 0. The molecule has 1 amide bonds. The highest BCUT2D eigenvalue weighted by atomic mass is 35.5. The van der Waals surface area contributed by atoms with E-state index in [1.54, 1.807) is 6.07 Å². The minimum atomic E-state index is -0.232. The van der Waals surface area contributed by atoms with Crippen LogP contribution in [0.4, 0.5) is 5.69 Å². The standard InChI is InChI=1S/C25H34ClN3O2/c1-15-11-16(2)28-25(31)22(15)14-27-24(30)21-12-20(26)13-23(17(21)3)29-18(4)19-9-7-5-6-8-10-19/h11-13,18-19,29H,5-10,14H2,1-4H3,(H,27,30)(H,28,31). The summed E-state index contributed by atoms with van der Waals surface area (Å²) in [4.78, 5) is 28.0. The number of pyridine rings is 1. The SMILES string of the molecule is Cc1cc(C)c(CNC(=O)c2cc(Cl)cc(NC(C)C3CCCCCC3)c2C)c(=O)[nH]1. The first-order chi connectivity index (χ1) is 14.8. The maximum Gasteiger partial charge on any atom is 0.253 e. The Morgan fingerprint density at radius 1 is 1.13 bits per heavy atom. The van der Waals surface area contributed by atoms with Crippen LogP contribution >= 0.6 is 11.6 Å². The van der Waals surface area contributed by atoms with Crippen LogP contribution in [0.15, 0.2) is 23.0 Å². The highest BCUT2D eigenvalue weighted by Gasteiger charge is 2.21. The second kappa shape index (κ2) is 10.4. The monoisotopic (exact) mass is 443 g/mol. The number of hydrogen-bond donors (Lipinski definition) is 3. The summed E-state index contributed by atoms with van der Waals surface area (Å²) >= 11 is 6.37. The van der Waals surface area contributed by atoms with E-state index in [4.69, 9.17) is 11.6 Å². The van der Waals surface area contributed by atoms with E-state index >= 15 is 0 Å². The summed E-state index contributed by atoms with van der Waals surface area (Å²) in [6, 6.07) is 5.82. The van der Waals surface area contributed by atoms with Crippen molar-refractivity contribution in [3.05, 3.63) is 61.5 Å². The van der Waals surface area contributed by atoms with Crippen LogP contribution in [0.25, 0.3) is 0 Å². The van der Waals surface area contributed by atoms with Gasteiger partial charge in [-0.1, -0.05) is 37.3 Å². The Kier molecular flexibility index (Phi) is 7.82. The normalized spacial score (nSPS) is 15.9. The minimum Gasteiger partial charge on any atom is -0.382 e. The third-order valence-electron chi connectivity index (χ3n) is 6.53. The Morgan fingerprint density at radius 3 is 2.45 bits per heavy atom. The summed E-state index contributed by atoms with van der Waals surface area (Å²) in [5.74, 6) is 0.402. The van der Waals surface area contributed by atoms with Gasteiger partial charge in [0, 0.05) is 40.1 Å². The molecule has 3 N–H and O–H groups in total. The van der Waals surface area contributed by atoms with Crippen molar-refractivity contribution < 1.29 is 4.79 Å². The van der Waals surface area contributed by atoms with E-state index in [-0.39, 0.29) is 18.0 Å². The third-order valence-corrected chi connectivity index (χ3v) is 6.74. The molecule has 0 aliphatic heterocycles. The van der Waals surface area contributed by atoms with Crippen molar-refractivity contribution in [2.24, 2.45) is 5.92 Å². The lowest BCUT2D eigenvalue weighted by Gasteiger charge is -2.26. The first kappa shape index (κ1) is 23.4. The number of carbonyl (C=O) groups is 1. The molecule has 168 valence electrons. The van der Waals surface area contributed by atoms with E-state index in [2.05, 4.69) is 22.5 Å². The van der Waals surface area contributed by atoms with Gasteiger partial charge in [-0.05, 0) is 75.8 Å². The van der Waals surface area contributed by atoms with Crippen molar-refractivity contribution >= 4 is 23.2 Å². The molecule has 1 aromatic carbocycles. The Morgan fingerprint density at radius 2 is 1.81 bits per heavy atom. The van der Waals surface area contributed by atoms with Gasteiger partial charge in [0.25, 0.3) is 11.5 Å². The molecule has 3 rings (SSSR count). The number of aromatic nitrogens is 1. The second-order valence-corrected chi connectivity index (χ2v) is 9.37. The fourth-order valence-electron chi connectivity index (χ4n) is 4.60. The molecule has 1 aromatic heterocycles. The lowest BCUT2D eigenvalue weighted by molar-refractivity contribution is 0.0950. The van der Waals surface area contributed by atoms with Crippen molar-refractivity contribution in [1.29, 1.82) is 0 Å². The van der Waals surface area contributed by atoms with Gasteiger partial charge in [0.2, 0.25) is 0 Å². The molecule has 0 bridgehead atoms. The molecular weight excluding hydrogens is 410 g/mol. The molecule has 1 atom stereocenters. The lowest BCUT2D eigenvalue weighted by atomic mass is 9.92. The average Bonchev–Trinajstić information content (AvgIpc) is 2.99. The van der Waals surface area contributed by atoms with Gasteiger partial charge >= 0.3 is 0 Å². The molecular formula is C25H34ClN3O2. The van der Waals surface area contributed by atoms with E-state index in [1.807, 2.05) is 32.9 Å². The molecule has 2 aromatic rings. The van der Waals surface area contributed by atoms with Crippen molar-refractivity contribution in [3.8, 4) is 0 Å². The van der Waals surface area contributed by atoms with Crippen molar-refractivity contribution in [2.45, 2.75) is 78.8 Å². The molecule has 0 saturated heterocycles. The largest absolute Gasteiger partial charge is 0.382 e. The van der Waals surface area contributed by atoms with E-state index in [1.165, 1.54) is 38.5 Å². The van der Waals surface area contributed by atoms with Gasteiger partial charge in [-0.15, -0.1) is 0 Å². The predicted octanol–water partition coefficient (Wildman–Crippen LogP) is 5.65. The van der Waals surface area contributed by atoms with Crippen LogP contribution in [0.2, 0.25) is 5.02 Å². The Bertz CT molecular complexity index is 991. The van der Waals surface area contributed by atoms with Crippen LogP contribution in [-0.2, 0) is 6.54 Å². The van der Waals surface area contributed by atoms with E-state index in [9.17, 15) is 9.59 Å². The molecule has 1 aliphatic carbocycles. The summed E-state index contributed by atoms with van der Waals surface area (Å²) in [6.07, 6.45) is 7.71. The topological polar surface area (TPSA) is 74.0 Å². The van der Waals surface area contributed by atoms with Gasteiger partial charge in [0.15, 0.2) is 0 Å². The van der Waals surface area contributed by atoms with Gasteiger partial charge in [-0.25, -0.2) is 0 Å². The quantitative estimate of drug-likeness (QED) is 0.504. The van der Waals surface area contributed by atoms with Crippen LogP contribution in [0.1, 0.15) is 78.2 Å². The van der Waals surface area contributed by atoms with Gasteiger partial charge < -0.3 is 15.6 Å². The number of halogens is 1. The smallest absolute Gasteiger partial charge is 0.253 e. The fourth-order valence-corrected chi connectivity index (χ4v) is 4.82. The van der Waals surface area contributed by atoms with Crippen LogP contribution in [0.3, 0.4) is 0 Å². The summed E-state index contributed by atoms with van der Waals surface area (Å²) in [5.41, 5.74) is 4.38. The molecule has 0 radical (unpaired) electrons. The van der Waals surface area contributed by atoms with E-state index in [0.717, 1.165) is 22.5 Å². The number of aryl methyl sites for hydroxylation is 2. The molecule has 5 nitrogen and oxygen atoms in total. The van der Waals surface area contributed by atoms with Crippen LogP contribution < -0.4 is 16.2 Å². The van der Waals surface area contributed by atoms with Crippen molar-refractivity contribution in [2.75, 3.05) is 5.32 Å². The number of carbonyl (C=O) groups excluding carboxylic acids is 1. The third kappa shape index (κ3) is 5.91. The summed E-state index contributed by atoms with van der Waals surface area (Å²) in [6.45, 7) is 8.06. The zero-order chi connectivity index (χ0) is 22.5. The number of aromatic amines is 1. The predicted molar refractivity (Wildman–Crippen MR) is 128 cm³/mol. The maximum absolute atomic E-state index is 13.0. The molecule has 1 aliphatic rings. The van der Waals surface area contributed by atoms with Gasteiger partial charge in [-0.2, -0.15) is 0 Å². The van der Waals surface area contributed by atoms with Crippen LogP contribution in [0.5, 0.6) is 0 Å². The highest BCUT2D eigenvalue weighted by Crippen LogP contribution is 2.30. The average molecular weight is 444 g/mol. The summed E-state index contributed by atoms with van der Waals surface area (Å²) in [5, 5.41) is 7.04. The minimum absolute atomic E-state index is 0.166. The number of benzene rings is 1. The maximum atomic E-state index is 13.0. The van der Waals surface area contributed by atoms with E-state index in [0.29, 0.717) is 28.1 Å². The molecule has 1 unspecified atom stereocenters. The van der Waals surface area contributed by atoms with Gasteiger partial charge in [0.1, 0.15) is 0 Å². The molecule has 31 heavy (non-hydrogen) atoms. The fraction of sp³-hybridized carbons (Fsp3) is 0.520.